The van der Waals surface area contributed by atoms with E-state index in [1.165, 1.54) is 17.4 Å². The topological polar surface area (TPSA) is 102 Å². The summed E-state index contributed by atoms with van der Waals surface area (Å²) in [5.41, 5.74) is 1.03. The molecule has 3 rings (SSSR count). The van der Waals surface area contributed by atoms with Gasteiger partial charge in [0.2, 0.25) is 11.8 Å². The molecular formula is C25H31N3O5. The lowest BCUT2D eigenvalue weighted by atomic mass is 9.95. The number of carbonyl (C=O) groups is 2. The number of hydrogen-bond donors (Lipinski definition) is 1. The molecule has 2 aromatic rings. The molecule has 2 amide bonds. The number of nitro groups is 1. The maximum atomic E-state index is 13.4. The number of ether oxygens (including phenoxy) is 1. The average Bonchev–Trinajstić information content (AvgIpc) is 2.83. The number of rotatable bonds is 9. The van der Waals surface area contributed by atoms with Crippen LogP contribution < -0.4 is 10.1 Å². The van der Waals surface area contributed by atoms with Gasteiger partial charge in [0.25, 0.3) is 5.69 Å². The van der Waals surface area contributed by atoms with Crippen LogP contribution in [-0.2, 0) is 22.6 Å². The van der Waals surface area contributed by atoms with Crippen LogP contribution in [0.5, 0.6) is 5.75 Å². The molecule has 0 bridgehead atoms. The number of nitrogens with zero attached hydrogens (tertiary/aromatic N) is 2. The Kier molecular flexibility index (Phi) is 8.40. The van der Waals surface area contributed by atoms with E-state index in [9.17, 15) is 19.7 Å². The average molecular weight is 454 g/mol. The highest BCUT2D eigenvalue weighted by atomic mass is 16.6. The van der Waals surface area contributed by atoms with E-state index in [4.69, 9.17) is 4.74 Å². The Morgan fingerprint density at radius 2 is 1.88 bits per heavy atom. The zero-order valence-electron chi connectivity index (χ0n) is 19.2. The van der Waals surface area contributed by atoms with Crippen LogP contribution in [0.15, 0.2) is 48.5 Å². The molecule has 2 aromatic carbocycles. The summed E-state index contributed by atoms with van der Waals surface area (Å²) in [5, 5.41) is 14.5. The molecule has 0 aliphatic heterocycles. The summed E-state index contributed by atoms with van der Waals surface area (Å²) in [5.74, 6) is 0.0945. The third-order valence-electron chi connectivity index (χ3n) is 6.14. The van der Waals surface area contributed by atoms with E-state index in [1.807, 2.05) is 24.3 Å². The number of hydrogen-bond acceptors (Lipinski definition) is 5. The summed E-state index contributed by atoms with van der Waals surface area (Å²) < 4.78 is 5.29. The van der Waals surface area contributed by atoms with Crippen LogP contribution >= 0.6 is 0 Å². The van der Waals surface area contributed by atoms with Crippen molar-refractivity contribution in [1.29, 1.82) is 0 Å². The first-order chi connectivity index (χ1) is 15.9. The number of para-hydroxylation sites is 1. The fraction of sp³-hybridized carbons (Fsp3) is 0.440. The van der Waals surface area contributed by atoms with Crippen LogP contribution in [0, 0.1) is 10.1 Å². The first kappa shape index (κ1) is 24.2. The Morgan fingerprint density at radius 3 is 2.58 bits per heavy atom. The van der Waals surface area contributed by atoms with Gasteiger partial charge in [-0.05, 0) is 37.5 Å². The SMILES string of the molecule is COc1cccc(CN(C(=O)Cc2ccccc2[N+](=O)[O-])[C@@H](C)C(=O)NC2CCCCC2)c1. The summed E-state index contributed by atoms with van der Waals surface area (Å²) in [6.45, 7) is 1.89. The fourth-order valence-corrected chi connectivity index (χ4v) is 4.22. The van der Waals surface area contributed by atoms with E-state index in [2.05, 4.69) is 5.32 Å². The van der Waals surface area contributed by atoms with Crippen LogP contribution in [0.4, 0.5) is 5.69 Å². The second-order valence-electron chi connectivity index (χ2n) is 8.46. The van der Waals surface area contributed by atoms with Crippen molar-refractivity contribution in [1.82, 2.24) is 10.2 Å². The predicted octanol–water partition coefficient (Wildman–Crippen LogP) is 4.01. The number of nitrogens with one attached hydrogen (secondary N) is 1. The molecule has 8 nitrogen and oxygen atoms in total. The summed E-state index contributed by atoms with van der Waals surface area (Å²) in [6.07, 6.45) is 5.07. The van der Waals surface area contributed by atoms with E-state index in [0.29, 0.717) is 11.3 Å². The minimum atomic E-state index is -0.728. The van der Waals surface area contributed by atoms with Gasteiger partial charge in [-0.15, -0.1) is 0 Å². The van der Waals surface area contributed by atoms with Gasteiger partial charge >= 0.3 is 0 Å². The summed E-state index contributed by atoms with van der Waals surface area (Å²) in [4.78, 5) is 38.8. The Bertz CT molecular complexity index is 988. The first-order valence-electron chi connectivity index (χ1n) is 11.3. The van der Waals surface area contributed by atoms with E-state index in [-0.39, 0.29) is 36.5 Å². The predicted molar refractivity (Wildman–Crippen MR) is 125 cm³/mol. The molecule has 1 saturated carbocycles. The summed E-state index contributed by atoms with van der Waals surface area (Å²) >= 11 is 0. The van der Waals surface area contributed by atoms with Crippen molar-refractivity contribution in [3.05, 3.63) is 69.8 Å². The largest absolute Gasteiger partial charge is 0.497 e. The van der Waals surface area contributed by atoms with Crippen LogP contribution in [0.25, 0.3) is 0 Å². The normalized spacial score (nSPS) is 14.8. The van der Waals surface area contributed by atoms with E-state index in [0.717, 1.165) is 31.2 Å². The van der Waals surface area contributed by atoms with Crippen molar-refractivity contribution in [3.8, 4) is 5.75 Å². The highest BCUT2D eigenvalue weighted by Crippen LogP contribution is 2.22. The number of benzene rings is 2. The molecule has 1 fully saturated rings. The number of carbonyl (C=O) groups excluding carboxylic acids is 2. The van der Waals surface area contributed by atoms with Crippen LogP contribution in [0.3, 0.4) is 0 Å². The van der Waals surface area contributed by atoms with Crippen LogP contribution in [-0.4, -0.2) is 40.8 Å². The van der Waals surface area contributed by atoms with Crippen LogP contribution in [0.1, 0.15) is 50.2 Å². The first-order valence-corrected chi connectivity index (χ1v) is 11.3. The van der Waals surface area contributed by atoms with Gasteiger partial charge in [0, 0.05) is 24.2 Å². The smallest absolute Gasteiger partial charge is 0.273 e. The molecule has 176 valence electrons. The zero-order chi connectivity index (χ0) is 23.8. The van der Waals surface area contributed by atoms with Crippen molar-refractivity contribution in [2.45, 2.75) is 64.1 Å². The van der Waals surface area contributed by atoms with E-state index < -0.39 is 11.0 Å². The lowest BCUT2D eigenvalue weighted by Crippen LogP contribution is -2.50. The Balaban J connectivity index is 1.83. The number of amides is 2. The lowest BCUT2D eigenvalue weighted by molar-refractivity contribution is -0.385. The number of methoxy groups -OCH3 is 1. The van der Waals surface area contributed by atoms with Crippen LogP contribution in [0.2, 0.25) is 0 Å². The van der Waals surface area contributed by atoms with Gasteiger partial charge in [0.15, 0.2) is 0 Å². The fourth-order valence-electron chi connectivity index (χ4n) is 4.22. The van der Waals surface area contributed by atoms with Gasteiger partial charge in [0.1, 0.15) is 11.8 Å². The Hall–Kier alpha value is -3.42. The number of nitro benzene ring substituents is 1. The molecule has 0 spiro atoms. The molecule has 1 N–H and O–H groups in total. The molecule has 1 atom stereocenters. The standard InChI is InChI=1S/C25H31N3O5/c1-18(25(30)26-21-11-4-3-5-12-21)27(17-19-9-8-13-22(15-19)33-2)24(29)16-20-10-6-7-14-23(20)28(31)32/h6-10,13-15,18,21H,3-5,11-12,16-17H2,1-2H3,(H,26,30)/t18-/m0/s1. The van der Waals surface area contributed by atoms with Crippen molar-refractivity contribution >= 4 is 17.5 Å². The molecule has 0 heterocycles. The maximum Gasteiger partial charge on any atom is 0.273 e. The molecule has 0 unspecified atom stereocenters. The van der Waals surface area contributed by atoms with Gasteiger partial charge < -0.3 is 15.0 Å². The minimum absolute atomic E-state index is 0.105. The minimum Gasteiger partial charge on any atom is -0.497 e. The molecule has 1 aliphatic carbocycles. The van der Waals surface area contributed by atoms with E-state index in [1.54, 1.807) is 32.2 Å². The molecule has 8 heteroatoms. The van der Waals surface area contributed by atoms with Crippen molar-refractivity contribution in [2.75, 3.05) is 7.11 Å². The molecular weight excluding hydrogens is 422 g/mol. The second kappa shape index (κ2) is 11.4. The Labute approximate surface area is 194 Å². The highest BCUT2D eigenvalue weighted by Gasteiger charge is 2.29. The molecule has 0 saturated heterocycles. The Morgan fingerprint density at radius 1 is 1.15 bits per heavy atom. The monoisotopic (exact) mass is 453 g/mol. The maximum absolute atomic E-state index is 13.4. The second-order valence-corrected chi connectivity index (χ2v) is 8.46. The van der Waals surface area contributed by atoms with Crippen molar-refractivity contribution in [3.63, 3.8) is 0 Å². The lowest BCUT2D eigenvalue weighted by Gasteiger charge is -2.31. The van der Waals surface area contributed by atoms with E-state index >= 15 is 0 Å². The molecule has 0 aromatic heterocycles. The van der Waals surface area contributed by atoms with Gasteiger partial charge in [0.05, 0.1) is 18.5 Å². The summed E-state index contributed by atoms with van der Waals surface area (Å²) in [7, 11) is 1.57. The molecule has 0 radical (unpaired) electrons. The van der Waals surface area contributed by atoms with Crippen molar-refractivity contribution < 1.29 is 19.2 Å². The highest BCUT2D eigenvalue weighted by molar-refractivity contribution is 5.88. The third kappa shape index (κ3) is 6.54. The molecule has 1 aliphatic rings. The molecule has 33 heavy (non-hydrogen) atoms. The summed E-state index contributed by atoms with van der Waals surface area (Å²) in [6, 6.07) is 12.9. The van der Waals surface area contributed by atoms with Gasteiger partial charge in [-0.3, -0.25) is 19.7 Å². The third-order valence-corrected chi connectivity index (χ3v) is 6.14. The van der Waals surface area contributed by atoms with Gasteiger partial charge in [-0.1, -0.05) is 49.6 Å². The van der Waals surface area contributed by atoms with Gasteiger partial charge in [-0.25, -0.2) is 0 Å². The van der Waals surface area contributed by atoms with Crippen molar-refractivity contribution in [2.24, 2.45) is 0 Å². The zero-order valence-corrected chi connectivity index (χ0v) is 19.2. The quantitative estimate of drug-likeness (QED) is 0.457. The van der Waals surface area contributed by atoms with Gasteiger partial charge in [-0.2, -0.15) is 0 Å².